The van der Waals surface area contributed by atoms with Gasteiger partial charge in [0.25, 0.3) is 0 Å². The molecule has 1 aromatic rings. The fourth-order valence-electron chi connectivity index (χ4n) is 2.87. The molecule has 2 aliphatic rings. The zero-order valence-corrected chi connectivity index (χ0v) is 15.4. The van der Waals surface area contributed by atoms with Gasteiger partial charge in [-0.2, -0.15) is 0 Å². The van der Waals surface area contributed by atoms with Crippen LogP contribution in [0.15, 0.2) is 53.2 Å². The van der Waals surface area contributed by atoms with E-state index in [1.165, 1.54) is 17.8 Å². The number of amidine groups is 1. The minimum absolute atomic E-state index is 0.0877. The topological polar surface area (TPSA) is 59.0 Å². The number of benzene rings is 1. The summed E-state index contributed by atoms with van der Waals surface area (Å²) in [5, 5.41) is 0.877. The SMILES string of the molecule is C=CCOC(=O)C1=C(C)N=C2S[C@@H](C)C(=O)N2[C@H]1c1cccc(Cl)c1. The second-order valence-corrected chi connectivity index (χ2v) is 7.45. The molecule has 25 heavy (non-hydrogen) atoms. The number of rotatable bonds is 4. The standard InChI is InChI=1S/C18H17ClN2O3S/c1-4-8-24-17(23)14-10(2)20-18-21(16(22)11(3)25-18)15(14)12-6-5-7-13(19)9-12/h4-7,9,11,15H,1,8H2,2-3H3/t11-,15-/m0/s1. The summed E-state index contributed by atoms with van der Waals surface area (Å²) < 4.78 is 5.23. The van der Waals surface area contributed by atoms with Crippen LogP contribution < -0.4 is 0 Å². The molecule has 2 atom stereocenters. The van der Waals surface area contributed by atoms with Crippen molar-refractivity contribution in [2.75, 3.05) is 6.61 Å². The van der Waals surface area contributed by atoms with Crippen molar-refractivity contribution in [3.63, 3.8) is 0 Å². The number of halogens is 1. The number of hydrogen-bond acceptors (Lipinski definition) is 5. The average molecular weight is 377 g/mol. The van der Waals surface area contributed by atoms with Crippen LogP contribution in [0.2, 0.25) is 5.02 Å². The van der Waals surface area contributed by atoms with Crippen molar-refractivity contribution >= 4 is 40.4 Å². The van der Waals surface area contributed by atoms with Crippen LogP contribution in [0.25, 0.3) is 0 Å². The minimum Gasteiger partial charge on any atom is -0.458 e. The number of thioether (sulfide) groups is 1. The highest BCUT2D eigenvalue weighted by Gasteiger charge is 2.46. The van der Waals surface area contributed by atoms with E-state index in [2.05, 4.69) is 11.6 Å². The van der Waals surface area contributed by atoms with Crippen LogP contribution in [-0.2, 0) is 14.3 Å². The average Bonchev–Trinajstić information content (AvgIpc) is 2.85. The number of hydrogen-bond donors (Lipinski definition) is 0. The largest absolute Gasteiger partial charge is 0.458 e. The number of nitrogens with zero attached hydrogens (tertiary/aromatic N) is 2. The fourth-order valence-corrected chi connectivity index (χ4v) is 4.10. The highest BCUT2D eigenvalue weighted by molar-refractivity contribution is 8.15. The maximum absolute atomic E-state index is 12.7. The second kappa shape index (κ2) is 7.06. The number of aliphatic imine (C=N–C) groups is 1. The predicted octanol–water partition coefficient (Wildman–Crippen LogP) is 3.72. The zero-order chi connectivity index (χ0) is 18.1. The molecule has 1 amide bonds. The van der Waals surface area contributed by atoms with Gasteiger partial charge in [-0.3, -0.25) is 9.69 Å². The van der Waals surface area contributed by atoms with Crippen molar-refractivity contribution in [3.05, 3.63) is 58.8 Å². The molecular formula is C18H17ClN2O3S. The normalized spacial score (nSPS) is 22.6. The molecule has 2 heterocycles. The van der Waals surface area contributed by atoms with Gasteiger partial charge < -0.3 is 4.74 Å². The molecule has 2 aliphatic heterocycles. The number of carbonyl (C=O) groups excluding carboxylic acids is 2. The third-order valence-electron chi connectivity index (χ3n) is 3.97. The quantitative estimate of drug-likeness (QED) is 0.593. The van der Waals surface area contributed by atoms with E-state index in [0.717, 1.165) is 5.56 Å². The lowest BCUT2D eigenvalue weighted by molar-refractivity contribution is -0.139. The maximum atomic E-state index is 12.7. The monoisotopic (exact) mass is 376 g/mol. The van der Waals surface area contributed by atoms with Gasteiger partial charge in [0.1, 0.15) is 6.61 Å². The van der Waals surface area contributed by atoms with Crippen LogP contribution in [0, 0.1) is 0 Å². The Morgan fingerprint density at radius 3 is 2.96 bits per heavy atom. The molecule has 0 aliphatic carbocycles. The molecule has 1 saturated heterocycles. The number of ether oxygens (including phenoxy) is 1. The zero-order valence-electron chi connectivity index (χ0n) is 13.9. The van der Waals surface area contributed by atoms with Crippen molar-refractivity contribution in [2.45, 2.75) is 25.1 Å². The molecule has 0 unspecified atom stereocenters. The molecule has 7 heteroatoms. The van der Waals surface area contributed by atoms with Gasteiger partial charge in [0.05, 0.1) is 22.6 Å². The van der Waals surface area contributed by atoms with E-state index in [-0.39, 0.29) is 17.8 Å². The lowest BCUT2D eigenvalue weighted by atomic mass is 9.94. The van der Waals surface area contributed by atoms with E-state index in [0.29, 0.717) is 21.5 Å². The van der Waals surface area contributed by atoms with Crippen LogP contribution in [0.1, 0.15) is 25.5 Å². The van der Waals surface area contributed by atoms with Gasteiger partial charge in [0.2, 0.25) is 5.91 Å². The van der Waals surface area contributed by atoms with Gasteiger partial charge >= 0.3 is 5.97 Å². The Labute approximate surface area is 155 Å². The van der Waals surface area contributed by atoms with Gasteiger partial charge in [0.15, 0.2) is 5.17 Å². The van der Waals surface area contributed by atoms with Crippen molar-refractivity contribution in [1.29, 1.82) is 0 Å². The van der Waals surface area contributed by atoms with Gasteiger partial charge in [-0.05, 0) is 31.5 Å². The maximum Gasteiger partial charge on any atom is 0.338 e. The predicted molar refractivity (Wildman–Crippen MR) is 99.4 cm³/mol. The highest BCUT2D eigenvalue weighted by atomic mass is 35.5. The first-order valence-electron chi connectivity index (χ1n) is 7.76. The van der Waals surface area contributed by atoms with E-state index in [4.69, 9.17) is 16.3 Å². The van der Waals surface area contributed by atoms with E-state index >= 15 is 0 Å². The summed E-state index contributed by atoms with van der Waals surface area (Å²) in [5.41, 5.74) is 1.63. The molecule has 0 saturated carbocycles. The summed E-state index contributed by atoms with van der Waals surface area (Å²) in [7, 11) is 0. The summed E-state index contributed by atoms with van der Waals surface area (Å²) in [6, 6.07) is 6.53. The molecule has 1 fully saturated rings. The van der Waals surface area contributed by atoms with E-state index in [9.17, 15) is 9.59 Å². The number of allylic oxidation sites excluding steroid dienone is 1. The van der Waals surface area contributed by atoms with Crippen molar-refractivity contribution in [2.24, 2.45) is 4.99 Å². The summed E-state index contributed by atoms with van der Waals surface area (Å²) in [6.45, 7) is 7.22. The number of carbonyl (C=O) groups is 2. The van der Waals surface area contributed by atoms with E-state index in [1.807, 2.05) is 13.0 Å². The first-order valence-corrected chi connectivity index (χ1v) is 9.02. The van der Waals surface area contributed by atoms with Crippen LogP contribution in [0.3, 0.4) is 0 Å². The summed E-state index contributed by atoms with van der Waals surface area (Å²) in [5.74, 6) is -0.599. The molecule has 0 aromatic heterocycles. The molecule has 0 bridgehead atoms. The Hall–Kier alpha value is -2.05. The molecular weight excluding hydrogens is 360 g/mol. The van der Waals surface area contributed by atoms with Gasteiger partial charge in [-0.1, -0.05) is 48.2 Å². The highest BCUT2D eigenvalue weighted by Crippen LogP contribution is 2.43. The third kappa shape index (κ3) is 3.24. The smallest absolute Gasteiger partial charge is 0.338 e. The molecule has 1 aromatic carbocycles. The van der Waals surface area contributed by atoms with Gasteiger partial charge in [0, 0.05) is 5.02 Å². The molecule has 3 rings (SSSR count). The lowest BCUT2D eigenvalue weighted by Crippen LogP contribution is -2.40. The van der Waals surface area contributed by atoms with Crippen molar-refractivity contribution in [1.82, 2.24) is 4.90 Å². The Morgan fingerprint density at radius 1 is 1.52 bits per heavy atom. The van der Waals surface area contributed by atoms with Crippen LogP contribution in [0.4, 0.5) is 0 Å². The minimum atomic E-state index is -0.603. The molecule has 0 spiro atoms. The van der Waals surface area contributed by atoms with Crippen LogP contribution in [0.5, 0.6) is 0 Å². The van der Waals surface area contributed by atoms with E-state index in [1.54, 1.807) is 30.0 Å². The summed E-state index contributed by atoms with van der Waals surface area (Å²) >= 11 is 7.52. The molecule has 0 radical (unpaired) electrons. The number of amides is 1. The number of esters is 1. The molecule has 5 nitrogen and oxygen atoms in total. The Morgan fingerprint density at radius 2 is 2.28 bits per heavy atom. The van der Waals surface area contributed by atoms with Crippen LogP contribution in [-0.4, -0.2) is 33.8 Å². The lowest BCUT2D eigenvalue weighted by Gasteiger charge is -2.33. The Kier molecular flexibility index (Phi) is 5.01. The first-order chi connectivity index (χ1) is 11.9. The Balaban J connectivity index is 2.13. The molecule has 0 N–H and O–H groups in total. The second-order valence-electron chi connectivity index (χ2n) is 5.71. The van der Waals surface area contributed by atoms with Gasteiger partial charge in [-0.25, -0.2) is 9.79 Å². The first kappa shape index (κ1) is 17.8. The van der Waals surface area contributed by atoms with E-state index < -0.39 is 12.0 Å². The van der Waals surface area contributed by atoms with Crippen molar-refractivity contribution < 1.29 is 14.3 Å². The van der Waals surface area contributed by atoms with Gasteiger partial charge in [-0.15, -0.1) is 0 Å². The number of fused-ring (bicyclic) bond motifs is 1. The summed E-state index contributed by atoms with van der Waals surface area (Å²) in [6.07, 6.45) is 1.50. The third-order valence-corrected chi connectivity index (χ3v) is 5.26. The fraction of sp³-hybridized carbons (Fsp3) is 0.278. The van der Waals surface area contributed by atoms with Crippen LogP contribution >= 0.6 is 23.4 Å². The summed E-state index contributed by atoms with van der Waals surface area (Å²) in [4.78, 5) is 31.4. The van der Waals surface area contributed by atoms with Crippen molar-refractivity contribution in [3.8, 4) is 0 Å². The molecule has 130 valence electrons. The Bertz CT molecular complexity index is 818.